The number of rotatable bonds is 6. The van der Waals surface area contributed by atoms with Gasteiger partial charge in [0, 0.05) is 52.9 Å². The van der Waals surface area contributed by atoms with Crippen LogP contribution >= 0.6 is 0 Å². The van der Waals surface area contributed by atoms with Gasteiger partial charge in [-0.3, -0.25) is 14.6 Å². The molecule has 0 saturated carbocycles. The second-order valence-electron chi connectivity index (χ2n) is 5.28. The van der Waals surface area contributed by atoms with Gasteiger partial charge in [0.05, 0.1) is 6.54 Å². The molecule has 0 spiro atoms. The van der Waals surface area contributed by atoms with Crippen LogP contribution in [0.3, 0.4) is 0 Å². The highest BCUT2D eigenvalue weighted by Crippen LogP contribution is 2.10. The van der Waals surface area contributed by atoms with Crippen molar-refractivity contribution in [2.24, 2.45) is 5.73 Å². The summed E-state index contributed by atoms with van der Waals surface area (Å²) in [5, 5.41) is 0. The molecule has 1 amide bonds. The number of hydrogen-bond donors (Lipinski definition) is 1. The Balaban J connectivity index is 2.33. The van der Waals surface area contributed by atoms with Crippen molar-refractivity contribution in [3.05, 3.63) is 0 Å². The molecule has 1 fully saturated rings. The molecule has 0 bridgehead atoms. The first kappa shape index (κ1) is 15.4. The first-order valence-electron chi connectivity index (χ1n) is 6.95. The van der Waals surface area contributed by atoms with Crippen molar-refractivity contribution in [3.63, 3.8) is 0 Å². The second kappa shape index (κ2) is 7.71. The van der Waals surface area contributed by atoms with Gasteiger partial charge >= 0.3 is 0 Å². The van der Waals surface area contributed by atoms with E-state index in [0.717, 1.165) is 32.7 Å². The predicted octanol–water partition coefficient (Wildman–Crippen LogP) is -0.180. The molecule has 1 rings (SSSR count). The van der Waals surface area contributed by atoms with Gasteiger partial charge < -0.3 is 10.6 Å². The third-order valence-electron chi connectivity index (χ3n) is 3.67. The van der Waals surface area contributed by atoms with Crippen LogP contribution in [0.2, 0.25) is 0 Å². The summed E-state index contributed by atoms with van der Waals surface area (Å²) in [4.78, 5) is 18.0. The molecule has 2 N–H and O–H groups in total. The van der Waals surface area contributed by atoms with Crippen LogP contribution in [0.4, 0.5) is 0 Å². The van der Waals surface area contributed by atoms with Gasteiger partial charge in [0.1, 0.15) is 0 Å². The highest BCUT2D eigenvalue weighted by molar-refractivity contribution is 5.77. The fourth-order valence-electron chi connectivity index (χ4n) is 2.40. The third-order valence-corrected chi connectivity index (χ3v) is 3.67. The van der Waals surface area contributed by atoms with Crippen LogP contribution in [-0.4, -0.2) is 80.0 Å². The zero-order valence-electron chi connectivity index (χ0n) is 12.1. The molecule has 18 heavy (non-hydrogen) atoms. The molecule has 1 unspecified atom stereocenters. The molecule has 0 aliphatic carbocycles. The summed E-state index contributed by atoms with van der Waals surface area (Å²) in [6.45, 7) is 7.49. The molecule has 0 aromatic rings. The molecule has 5 heteroatoms. The standard InChI is InChI=1S/C13H28N4O/c1-4-5-12(10-14)17-8-6-16(7-9-17)11-13(18)15(2)3/h12H,4-11,14H2,1-3H3. The maximum atomic E-state index is 11.6. The van der Waals surface area contributed by atoms with Gasteiger partial charge in [-0.15, -0.1) is 0 Å². The molecule has 106 valence electrons. The van der Waals surface area contributed by atoms with E-state index in [1.165, 1.54) is 12.8 Å². The number of piperazine rings is 1. The number of amides is 1. The van der Waals surface area contributed by atoms with Gasteiger partial charge in [-0.05, 0) is 6.42 Å². The highest BCUT2D eigenvalue weighted by atomic mass is 16.2. The summed E-state index contributed by atoms with van der Waals surface area (Å²) in [6.07, 6.45) is 2.36. The van der Waals surface area contributed by atoms with Crippen molar-refractivity contribution in [1.29, 1.82) is 0 Å². The minimum Gasteiger partial charge on any atom is -0.348 e. The summed E-state index contributed by atoms with van der Waals surface area (Å²) in [5.74, 6) is 0.187. The fraction of sp³-hybridized carbons (Fsp3) is 0.923. The monoisotopic (exact) mass is 256 g/mol. The van der Waals surface area contributed by atoms with E-state index < -0.39 is 0 Å². The zero-order chi connectivity index (χ0) is 13.5. The van der Waals surface area contributed by atoms with Gasteiger partial charge in [0.2, 0.25) is 5.91 Å². The summed E-state index contributed by atoms with van der Waals surface area (Å²) >= 11 is 0. The average molecular weight is 256 g/mol. The SMILES string of the molecule is CCCC(CN)N1CCN(CC(=O)N(C)C)CC1. The Morgan fingerprint density at radius 2 is 1.89 bits per heavy atom. The van der Waals surface area contributed by atoms with E-state index in [0.29, 0.717) is 12.6 Å². The zero-order valence-corrected chi connectivity index (χ0v) is 12.1. The van der Waals surface area contributed by atoms with Crippen molar-refractivity contribution < 1.29 is 4.79 Å². The van der Waals surface area contributed by atoms with Crippen LogP contribution in [0.15, 0.2) is 0 Å². The summed E-state index contributed by atoms with van der Waals surface area (Å²) < 4.78 is 0. The Morgan fingerprint density at radius 3 is 2.33 bits per heavy atom. The van der Waals surface area contributed by atoms with Crippen molar-refractivity contribution >= 4 is 5.91 Å². The van der Waals surface area contributed by atoms with Crippen LogP contribution < -0.4 is 5.73 Å². The van der Waals surface area contributed by atoms with Crippen LogP contribution in [0.1, 0.15) is 19.8 Å². The average Bonchev–Trinajstić information content (AvgIpc) is 2.37. The fourth-order valence-corrected chi connectivity index (χ4v) is 2.40. The van der Waals surface area contributed by atoms with Crippen molar-refractivity contribution in [3.8, 4) is 0 Å². The normalized spacial score (nSPS) is 19.8. The lowest BCUT2D eigenvalue weighted by atomic mass is 10.1. The third kappa shape index (κ3) is 4.55. The van der Waals surface area contributed by atoms with E-state index in [1.54, 1.807) is 4.90 Å². The topological polar surface area (TPSA) is 52.8 Å². The summed E-state index contributed by atoms with van der Waals surface area (Å²) in [5.41, 5.74) is 5.83. The Labute approximate surface area is 111 Å². The van der Waals surface area contributed by atoms with E-state index in [9.17, 15) is 4.79 Å². The second-order valence-corrected chi connectivity index (χ2v) is 5.28. The van der Waals surface area contributed by atoms with Gasteiger partial charge in [0.15, 0.2) is 0 Å². The van der Waals surface area contributed by atoms with Crippen LogP contribution in [-0.2, 0) is 4.79 Å². The molecular weight excluding hydrogens is 228 g/mol. The smallest absolute Gasteiger partial charge is 0.236 e. The lowest BCUT2D eigenvalue weighted by Crippen LogP contribution is -2.53. The molecule has 1 heterocycles. The molecule has 1 saturated heterocycles. The lowest BCUT2D eigenvalue weighted by molar-refractivity contribution is -0.130. The van der Waals surface area contributed by atoms with Crippen LogP contribution in [0.5, 0.6) is 0 Å². The highest BCUT2D eigenvalue weighted by Gasteiger charge is 2.23. The first-order chi connectivity index (χ1) is 8.58. The molecule has 0 aromatic carbocycles. The van der Waals surface area contributed by atoms with E-state index in [1.807, 2.05) is 14.1 Å². The molecule has 1 atom stereocenters. The first-order valence-corrected chi connectivity index (χ1v) is 6.95. The summed E-state index contributed by atoms with van der Waals surface area (Å²) in [7, 11) is 3.62. The number of hydrogen-bond acceptors (Lipinski definition) is 4. The number of carbonyl (C=O) groups excluding carboxylic acids is 1. The maximum absolute atomic E-state index is 11.6. The minimum atomic E-state index is 0.187. The molecular formula is C13H28N4O. The van der Waals surface area contributed by atoms with Gasteiger partial charge in [-0.25, -0.2) is 0 Å². The van der Waals surface area contributed by atoms with E-state index in [2.05, 4.69) is 16.7 Å². The maximum Gasteiger partial charge on any atom is 0.236 e. The Morgan fingerprint density at radius 1 is 1.28 bits per heavy atom. The number of nitrogens with two attached hydrogens (primary N) is 1. The van der Waals surface area contributed by atoms with Gasteiger partial charge in [-0.1, -0.05) is 13.3 Å². The van der Waals surface area contributed by atoms with E-state index in [-0.39, 0.29) is 5.91 Å². The van der Waals surface area contributed by atoms with Crippen molar-refractivity contribution in [2.45, 2.75) is 25.8 Å². The molecule has 1 aliphatic rings. The van der Waals surface area contributed by atoms with Crippen LogP contribution in [0.25, 0.3) is 0 Å². The quantitative estimate of drug-likeness (QED) is 0.716. The Bertz CT molecular complexity index is 249. The summed E-state index contributed by atoms with van der Waals surface area (Å²) in [6, 6.07) is 0.515. The molecule has 0 aromatic heterocycles. The Hall–Kier alpha value is -0.650. The van der Waals surface area contributed by atoms with Crippen LogP contribution in [0, 0.1) is 0 Å². The molecule has 5 nitrogen and oxygen atoms in total. The van der Waals surface area contributed by atoms with Gasteiger partial charge in [0.25, 0.3) is 0 Å². The van der Waals surface area contributed by atoms with Crippen molar-refractivity contribution in [1.82, 2.24) is 14.7 Å². The largest absolute Gasteiger partial charge is 0.348 e. The predicted molar refractivity (Wildman–Crippen MR) is 74.5 cm³/mol. The van der Waals surface area contributed by atoms with E-state index >= 15 is 0 Å². The van der Waals surface area contributed by atoms with Gasteiger partial charge in [-0.2, -0.15) is 0 Å². The molecule has 0 radical (unpaired) electrons. The minimum absolute atomic E-state index is 0.187. The van der Waals surface area contributed by atoms with Crippen molar-refractivity contribution in [2.75, 3.05) is 53.4 Å². The van der Waals surface area contributed by atoms with E-state index in [4.69, 9.17) is 5.73 Å². The lowest BCUT2D eigenvalue weighted by Gasteiger charge is -2.38. The molecule has 1 aliphatic heterocycles. The Kier molecular flexibility index (Phi) is 6.60. The number of likely N-dealkylation sites (N-methyl/N-ethyl adjacent to an activating group) is 1. The number of nitrogens with zero attached hydrogens (tertiary/aromatic N) is 3. The number of carbonyl (C=O) groups is 1.